The van der Waals surface area contributed by atoms with Crippen molar-refractivity contribution >= 4 is 5.91 Å². The maximum absolute atomic E-state index is 11.7. The van der Waals surface area contributed by atoms with Gasteiger partial charge in [0.2, 0.25) is 5.91 Å². The third kappa shape index (κ3) is 3.86. The minimum absolute atomic E-state index is 0.00402. The number of hydrogen-bond acceptors (Lipinski definition) is 3. The number of nitrogens with one attached hydrogen (secondary N) is 2. The van der Waals surface area contributed by atoms with E-state index >= 15 is 0 Å². The van der Waals surface area contributed by atoms with Gasteiger partial charge in [0, 0.05) is 13.0 Å². The molecule has 4 nitrogen and oxygen atoms in total. The Bertz CT molecular complexity index is 538. The Morgan fingerprint density at radius 2 is 2.13 bits per heavy atom. The van der Waals surface area contributed by atoms with Crippen molar-refractivity contribution in [2.75, 3.05) is 19.6 Å². The molecule has 23 heavy (non-hydrogen) atoms. The number of rotatable bonds is 5. The summed E-state index contributed by atoms with van der Waals surface area (Å²) >= 11 is 0. The van der Waals surface area contributed by atoms with Crippen LogP contribution in [0.2, 0.25) is 0 Å². The van der Waals surface area contributed by atoms with Crippen LogP contribution in [0.5, 0.6) is 5.75 Å². The van der Waals surface area contributed by atoms with Crippen molar-refractivity contribution in [1.29, 1.82) is 0 Å². The molecule has 1 fully saturated rings. The summed E-state index contributed by atoms with van der Waals surface area (Å²) < 4.78 is 6.44. The highest BCUT2D eigenvalue weighted by Crippen LogP contribution is 2.46. The van der Waals surface area contributed by atoms with E-state index in [1.165, 1.54) is 5.56 Å². The predicted octanol–water partition coefficient (Wildman–Crippen LogP) is 2.98. The molecule has 1 aromatic rings. The zero-order chi connectivity index (χ0) is 16.1. The Hall–Kier alpha value is -1.55. The molecule has 1 aromatic carbocycles. The highest BCUT2D eigenvalue weighted by atomic mass is 16.5. The van der Waals surface area contributed by atoms with Gasteiger partial charge in [0.05, 0.1) is 0 Å². The predicted molar refractivity (Wildman–Crippen MR) is 91.8 cm³/mol. The molecule has 1 saturated heterocycles. The van der Waals surface area contributed by atoms with Crippen molar-refractivity contribution in [3.8, 4) is 5.75 Å². The van der Waals surface area contributed by atoms with Crippen LogP contribution in [0.3, 0.4) is 0 Å². The number of hydrogen-bond donors (Lipinski definition) is 2. The minimum Gasteiger partial charge on any atom is -0.487 e. The summed E-state index contributed by atoms with van der Waals surface area (Å²) in [5.74, 6) is 1.74. The molecule has 0 bridgehead atoms. The largest absolute Gasteiger partial charge is 0.487 e. The Balaban J connectivity index is 1.69. The number of ether oxygens (including phenoxy) is 1. The fourth-order valence-electron chi connectivity index (χ4n) is 3.99. The van der Waals surface area contributed by atoms with Crippen LogP contribution in [-0.4, -0.2) is 31.1 Å². The molecule has 2 aliphatic heterocycles. The van der Waals surface area contributed by atoms with Gasteiger partial charge in [-0.3, -0.25) is 4.79 Å². The summed E-state index contributed by atoms with van der Waals surface area (Å²) in [6.45, 7) is 4.75. The zero-order valence-electron chi connectivity index (χ0n) is 14.1. The minimum atomic E-state index is -0.00402. The number of carbonyl (C=O) groups excluding carboxylic acids is 1. The fourth-order valence-corrected chi connectivity index (χ4v) is 3.99. The van der Waals surface area contributed by atoms with Gasteiger partial charge in [-0.1, -0.05) is 18.2 Å². The monoisotopic (exact) mass is 316 g/mol. The molecule has 2 heterocycles. The molecule has 0 radical (unpaired) electrons. The van der Waals surface area contributed by atoms with E-state index in [4.69, 9.17) is 4.74 Å². The van der Waals surface area contributed by atoms with Gasteiger partial charge in [-0.25, -0.2) is 0 Å². The van der Waals surface area contributed by atoms with Crippen LogP contribution >= 0.6 is 0 Å². The van der Waals surface area contributed by atoms with Crippen molar-refractivity contribution in [2.45, 2.75) is 57.0 Å². The highest BCUT2D eigenvalue weighted by Gasteiger charge is 2.41. The van der Waals surface area contributed by atoms with Crippen LogP contribution in [0.4, 0.5) is 0 Å². The number of piperidine rings is 1. The van der Waals surface area contributed by atoms with Gasteiger partial charge < -0.3 is 15.4 Å². The zero-order valence-corrected chi connectivity index (χ0v) is 14.1. The third-order valence-corrected chi connectivity index (χ3v) is 5.15. The number of amides is 1. The molecule has 1 spiro atoms. The summed E-state index contributed by atoms with van der Waals surface area (Å²) in [7, 11) is 0. The second-order valence-electron chi connectivity index (χ2n) is 6.82. The molecule has 1 atom stereocenters. The van der Waals surface area contributed by atoms with Gasteiger partial charge in [0.1, 0.15) is 11.4 Å². The highest BCUT2D eigenvalue weighted by molar-refractivity contribution is 5.75. The van der Waals surface area contributed by atoms with Crippen molar-refractivity contribution in [2.24, 2.45) is 0 Å². The number of para-hydroxylation sites is 1. The normalized spacial score (nSPS) is 22.2. The van der Waals surface area contributed by atoms with E-state index in [-0.39, 0.29) is 11.5 Å². The average Bonchev–Trinajstić information content (AvgIpc) is 2.55. The summed E-state index contributed by atoms with van der Waals surface area (Å²) in [5, 5.41) is 6.32. The number of fused-ring (bicyclic) bond motifs is 1. The first kappa shape index (κ1) is 16.3. The molecule has 0 aliphatic carbocycles. The van der Waals surface area contributed by atoms with Crippen molar-refractivity contribution in [1.82, 2.24) is 10.6 Å². The summed E-state index contributed by atoms with van der Waals surface area (Å²) in [5.41, 5.74) is 1.32. The first-order chi connectivity index (χ1) is 11.2. The maximum atomic E-state index is 11.7. The van der Waals surface area contributed by atoms with E-state index in [0.717, 1.165) is 57.5 Å². The van der Waals surface area contributed by atoms with Gasteiger partial charge >= 0.3 is 0 Å². The van der Waals surface area contributed by atoms with E-state index in [2.05, 4.69) is 34.9 Å². The van der Waals surface area contributed by atoms with Crippen molar-refractivity contribution in [3.05, 3.63) is 29.8 Å². The lowest BCUT2D eigenvalue weighted by Crippen LogP contribution is -2.49. The second kappa shape index (κ2) is 7.35. The van der Waals surface area contributed by atoms with E-state index in [0.29, 0.717) is 12.3 Å². The summed E-state index contributed by atoms with van der Waals surface area (Å²) in [6.07, 6.45) is 5.87. The van der Waals surface area contributed by atoms with E-state index in [1.807, 2.05) is 6.92 Å². The number of carbonyl (C=O) groups is 1. The van der Waals surface area contributed by atoms with Gasteiger partial charge in [-0.15, -0.1) is 0 Å². The van der Waals surface area contributed by atoms with E-state index in [9.17, 15) is 4.79 Å². The molecular weight excluding hydrogens is 288 g/mol. The molecule has 3 rings (SSSR count). The van der Waals surface area contributed by atoms with E-state index < -0.39 is 0 Å². The quantitative estimate of drug-likeness (QED) is 0.878. The van der Waals surface area contributed by atoms with Crippen LogP contribution in [0, 0.1) is 0 Å². The Labute approximate surface area is 139 Å². The molecule has 2 aliphatic rings. The van der Waals surface area contributed by atoms with Crippen LogP contribution in [-0.2, 0) is 4.79 Å². The maximum Gasteiger partial charge on any atom is 0.219 e. The summed E-state index contributed by atoms with van der Waals surface area (Å²) in [6, 6.07) is 8.46. The van der Waals surface area contributed by atoms with Gasteiger partial charge in [-0.05, 0) is 69.7 Å². The van der Waals surface area contributed by atoms with Crippen LogP contribution in [0.15, 0.2) is 24.3 Å². The van der Waals surface area contributed by atoms with Gasteiger partial charge in [0.25, 0.3) is 0 Å². The fraction of sp³-hybridized carbons (Fsp3) is 0.632. The first-order valence-electron chi connectivity index (χ1n) is 8.98. The first-order valence-corrected chi connectivity index (χ1v) is 8.98. The van der Waals surface area contributed by atoms with E-state index in [1.54, 1.807) is 0 Å². The molecular formula is C19H28N2O2. The van der Waals surface area contributed by atoms with Gasteiger partial charge in [-0.2, -0.15) is 0 Å². The Morgan fingerprint density at radius 1 is 1.35 bits per heavy atom. The number of benzene rings is 1. The average molecular weight is 316 g/mol. The lowest BCUT2D eigenvalue weighted by Gasteiger charge is -2.45. The Morgan fingerprint density at radius 3 is 2.91 bits per heavy atom. The van der Waals surface area contributed by atoms with Crippen molar-refractivity contribution in [3.63, 3.8) is 0 Å². The molecule has 2 N–H and O–H groups in total. The van der Waals surface area contributed by atoms with Crippen LogP contribution in [0.25, 0.3) is 0 Å². The summed E-state index contributed by atoms with van der Waals surface area (Å²) in [4.78, 5) is 11.7. The van der Waals surface area contributed by atoms with Crippen LogP contribution < -0.4 is 15.4 Å². The SMILES string of the molecule is CCNC(=O)CCCC1CC2(CCNCC2)Oc2ccccc21. The Kier molecular flexibility index (Phi) is 5.21. The van der Waals surface area contributed by atoms with Crippen LogP contribution in [0.1, 0.15) is 56.9 Å². The lowest BCUT2D eigenvalue weighted by molar-refractivity contribution is -0.121. The standard InChI is InChI=1S/C19H28N2O2/c1-2-21-18(22)9-5-6-15-14-19(10-12-20-13-11-19)23-17-8-4-3-7-16(15)17/h3-4,7-8,15,20H,2,5-6,9-14H2,1H3,(H,21,22). The van der Waals surface area contributed by atoms with Crippen molar-refractivity contribution < 1.29 is 9.53 Å². The van der Waals surface area contributed by atoms with Gasteiger partial charge in [0.15, 0.2) is 0 Å². The topological polar surface area (TPSA) is 50.4 Å². The molecule has 0 aromatic heterocycles. The smallest absolute Gasteiger partial charge is 0.219 e. The lowest BCUT2D eigenvalue weighted by atomic mass is 9.76. The molecule has 126 valence electrons. The molecule has 1 unspecified atom stereocenters. The molecule has 0 saturated carbocycles. The third-order valence-electron chi connectivity index (χ3n) is 5.15. The molecule has 4 heteroatoms. The second-order valence-corrected chi connectivity index (χ2v) is 6.82. The molecule has 1 amide bonds.